The number of halogens is 1. The molecular formula is C14H19FN2O2. The van der Waals surface area contributed by atoms with E-state index in [2.05, 4.69) is 10.6 Å². The Bertz CT molecular complexity index is 416. The summed E-state index contributed by atoms with van der Waals surface area (Å²) in [7, 11) is 0. The van der Waals surface area contributed by atoms with Crippen molar-refractivity contribution in [2.45, 2.75) is 25.4 Å². The van der Waals surface area contributed by atoms with E-state index in [1.807, 2.05) is 6.92 Å². The van der Waals surface area contributed by atoms with E-state index < -0.39 is 0 Å². The zero-order valence-electron chi connectivity index (χ0n) is 11.0. The SMILES string of the molecule is CC(NC(=O)CC1COCCN1)c1ccc(F)cc1. The van der Waals surface area contributed by atoms with Gasteiger partial charge in [-0.25, -0.2) is 4.39 Å². The number of amides is 1. The Kier molecular flexibility index (Phi) is 4.87. The molecule has 0 aliphatic carbocycles. The van der Waals surface area contributed by atoms with E-state index in [1.54, 1.807) is 12.1 Å². The summed E-state index contributed by atoms with van der Waals surface area (Å²) in [6, 6.07) is 6.11. The first-order valence-corrected chi connectivity index (χ1v) is 6.51. The Morgan fingerprint density at radius 3 is 2.89 bits per heavy atom. The molecule has 19 heavy (non-hydrogen) atoms. The Morgan fingerprint density at radius 2 is 2.26 bits per heavy atom. The van der Waals surface area contributed by atoms with E-state index in [9.17, 15) is 9.18 Å². The van der Waals surface area contributed by atoms with Gasteiger partial charge in [0.25, 0.3) is 0 Å². The molecule has 2 rings (SSSR count). The van der Waals surface area contributed by atoms with E-state index in [0.717, 1.165) is 12.1 Å². The molecule has 1 aliphatic rings. The van der Waals surface area contributed by atoms with Crippen LogP contribution >= 0.6 is 0 Å². The summed E-state index contributed by atoms with van der Waals surface area (Å²) < 4.78 is 18.1. The van der Waals surface area contributed by atoms with Gasteiger partial charge in [-0.2, -0.15) is 0 Å². The van der Waals surface area contributed by atoms with Crippen LogP contribution in [-0.2, 0) is 9.53 Å². The van der Waals surface area contributed by atoms with Crippen LogP contribution in [0.25, 0.3) is 0 Å². The van der Waals surface area contributed by atoms with Gasteiger partial charge in [0.15, 0.2) is 0 Å². The molecule has 5 heteroatoms. The third-order valence-electron chi connectivity index (χ3n) is 3.18. The third-order valence-corrected chi connectivity index (χ3v) is 3.18. The number of carbonyl (C=O) groups is 1. The van der Waals surface area contributed by atoms with E-state index in [4.69, 9.17) is 4.74 Å². The summed E-state index contributed by atoms with van der Waals surface area (Å²) in [6.45, 7) is 3.93. The predicted octanol–water partition coefficient (Wildman–Crippen LogP) is 1.38. The lowest BCUT2D eigenvalue weighted by molar-refractivity contribution is -0.122. The van der Waals surface area contributed by atoms with E-state index in [1.165, 1.54) is 12.1 Å². The fourth-order valence-corrected chi connectivity index (χ4v) is 2.11. The van der Waals surface area contributed by atoms with Gasteiger partial charge in [0.05, 0.1) is 19.3 Å². The van der Waals surface area contributed by atoms with Crippen LogP contribution in [0.4, 0.5) is 4.39 Å². The average molecular weight is 266 g/mol. The van der Waals surface area contributed by atoms with Crippen molar-refractivity contribution in [3.05, 3.63) is 35.6 Å². The lowest BCUT2D eigenvalue weighted by atomic mass is 10.1. The molecule has 2 atom stereocenters. The summed E-state index contributed by atoms with van der Waals surface area (Å²) in [5.74, 6) is -0.300. The molecule has 1 heterocycles. The summed E-state index contributed by atoms with van der Waals surface area (Å²) >= 11 is 0. The Labute approximate surface area is 112 Å². The van der Waals surface area contributed by atoms with Crippen molar-refractivity contribution >= 4 is 5.91 Å². The van der Waals surface area contributed by atoms with Crippen molar-refractivity contribution in [3.8, 4) is 0 Å². The smallest absolute Gasteiger partial charge is 0.222 e. The minimum absolute atomic E-state index is 0.0279. The first-order valence-electron chi connectivity index (χ1n) is 6.51. The fraction of sp³-hybridized carbons (Fsp3) is 0.500. The highest BCUT2D eigenvalue weighted by Crippen LogP contribution is 2.13. The highest BCUT2D eigenvalue weighted by molar-refractivity contribution is 5.77. The van der Waals surface area contributed by atoms with Crippen LogP contribution in [0.5, 0.6) is 0 Å². The van der Waals surface area contributed by atoms with Gasteiger partial charge >= 0.3 is 0 Å². The van der Waals surface area contributed by atoms with Gasteiger partial charge in [-0.3, -0.25) is 4.79 Å². The molecule has 1 fully saturated rings. The molecule has 4 nitrogen and oxygen atoms in total. The Balaban J connectivity index is 1.82. The summed E-state index contributed by atoms with van der Waals surface area (Å²) in [5.41, 5.74) is 0.891. The van der Waals surface area contributed by atoms with Crippen LogP contribution in [-0.4, -0.2) is 31.7 Å². The van der Waals surface area contributed by atoms with Gasteiger partial charge in [0.2, 0.25) is 5.91 Å². The number of hydrogen-bond donors (Lipinski definition) is 2. The molecule has 2 N–H and O–H groups in total. The zero-order chi connectivity index (χ0) is 13.7. The normalized spacial score (nSPS) is 20.8. The van der Waals surface area contributed by atoms with Crippen molar-refractivity contribution in [2.75, 3.05) is 19.8 Å². The lowest BCUT2D eigenvalue weighted by Crippen LogP contribution is -2.44. The number of morpholine rings is 1. The molecule has 1 aromatic carbocycles. The van der Waals surface area contributed by atoms with Crippen LogP contribution in [0.1, 0.15) is 24.9 Å². The molecule has 1 amide bonds. The number of carbonyl (C=O) groups excluding carboxylic acids is 1. The predicted molar refractivity (Wildman–Crippen MR) is 70.2 cm³/mol. The average Bonchev–Trinajstić information content (AvgIpc) is 2.40. The standard InChI is InChI=1S/C14H19FN2O2/c1-10(11-2-4-12(15)5-3-11)17-14(18)8-13-9-19-7-6-16-13/h2-5,10,13,16H,6-9H2,1H3,(H,17,18). The lowest BCUT2D eigenvalue weighted by Gasteiger charge is -2.24. The van der Waals surface area contributed by atoms with Gasteiger partial charge in [-0.05, 0) is 24.6 Å². The zero-order valence-corrected chi connectivity index (χ0v) is 11.0. The molecule has 2 unspecified atom stereocenters. The summed E-state index contributed by atoms with van der Waals surface area (Å²) in [4.78, 5) is 11.9. The monoisotopic (exact) mass is 266 g/mol. The molecule has 0 spiro atoms. The molecule has 1 aromatic rings. The summed E-state index contributed by atoms with van der Waals surface area (Å²) in [6.07, 6.45) is 0.394. The van der Waals surface area contributed by atoms with Gasteiger partial charge in [-0.1, -0.05) is 12.1 Å². The summed E-state index contributed by atoms with van der Waals surface area (Å²) in [5, 5.41) is 6.14. The van der Waals surface area contributed by atoms with E-state index in [0.29, 0.717) is 19.6 Å². The number of hydrogen-bond acceptors (Lipinski definition) is 3. The Morgan fingerprint density at radius 1 is 1.53 bits per heavy atom. The van der Waals surface area contributed by atoms with Crippen molar-refractivity contribution in [3.63, 3.8) is 0 Å². The number of rotatable bonds is 4. The second-order valence-electron chi connectivity index (χ2n) is 4.77. The molecule has 1 saturated heterocycles. The number of benzene rings is 1. The highest BCUT2D eigenvalue weighted by atomic mass is 19.1. The van der Waals surface area contributed by atoms with Gasteiger partial charge in [0, 0.05) is 19.0 Å². The molecule has 0 aromatic heterocycles. The molecule has 1 aliphatic heterocycles. The van der Waals surface area contributed by atoms with Crippen LogP contribution < -0.4 is 10.6 Å². The van der Waals surface area contributed by atoms with Crippen LogP contribution in [0.3, 0.4) is 0 Å². The first kappa shape index (κ1) is 14.0. The van der Waals surface area contributed by atoms with Gasteiger partial charge in [0.1, 0.15) is 5.82 Å². The molecule has 0 bridgehead atoms. The molecule has 104 valence electrons. The number of ether oxygens (including phenoxy) is 1. The van der Waals surface area contributed by atoms with Crippen molar-refractivity contribution in [1.29, 1.82) is 0 Å². The topological polar surface area (TPSA) is 50.4 Å². The maximum Gasteiger partial charge on any atom is 0.222 e. The van der Waals surface area contributed by atoms with Gasteiger partial charge in [-0.15, -0.1) is 0 Å². The molecule has 0 saturated carbocycles. The molecular weight excluding hydrogens is 247 g/mol. The second kappa shape index (κ2) is 6.63. The third kappa shape index (κ3) is 4.29. The first-order chi connectivity index (χ1) is 9.15. The van der Waals surface area contributed by atoms with Crippen molar-refractivity contribution in [2.24, 2.45) is 0 Å². The van der Waals surface area contributed by atoms with Crippen LogP contribution in [0, 0.1) is 5.82 Å². The number of nitrogens with one attached hydrogen (secondary N) is 2. The minimum Gasteiger partial charge on any atom is -0.378 e. The van der Waals surface area contributed by atoms with Crippen molar-refractivity contribution in [1.82, 2.24) is 10.6 Å². The molecule has 0 radical (unpaired) electrons. The van der Waals surface area contributed by atoms with Crippen LogP contribution in [0.15, 0.2) is 24.3 Å². The van der Waals surface area contributed by atoms with Gasteiger partial charge < -0.3 is 15.4 Å². The quantitative estimate of drug-likeness (QED) is 0.865. The maximum absolute atomic E-state index is 12.8. The van der Waals surface area contributed by atoms with Crippen LogP contribution in [0.2, 0.25) is 0 Å². The highest BCUT2D eigenvalue weighted by Gasteiger charge is 2.18. The fourth-order valence-electron chi connectivity index (χ4n) is 2.11. The second-order valence-corrected chi connectivity index (χ2v) is 4.77. The largest absolute Gasteiger partial charge is 0.378 e. The van der Waals surface area contributed by atoms with E-state index in [-0.39, 0.29) is 23.8 Å². The van der Waals surface area contributed by atoms with Crippen molar-refractivity contribution < 1.29 is 13.9 Å². The maximum atomic E-state index is 12.8. The van der Waals surface area contributed by atoms with E-state index >= 15 is 0 Å². The minimum atomic E-state index is -0.272. The Hall–Kier alpha value is -1.46.